The molecule has 1 unspecified atom stereocenters. The second kappa shape index (κ2) is 4.62. The van der Waals surface area contributed by atoms with E-state index in [0.717, 1.165) is 23.8 Å². The van der Waals surface area contributed by atoms with Crippen molar-refractivity contribution in [3.63, 3.8) is 0 Å². The van der Waals surface area contributed by atoms with Crippen molar-refractivity contribution < 1.29 is 10.2 Å². The molecule has 0 amide bonds. The van der Waals surface area contributed by atoms with Crippen LogP contribution in [0.3, 0.4) is 0 Å². The molecule has 0 radical (unpaired) electrons. The molecule has 2 nitrogen and oxygen atoms in total. The summed E-state index contributed by atoms with van der Waals surface area (Å²) >= 11 is 0. The van der Waals surface area contributed by atoms with Crippen LogP contribution in [0.25, 0.3) is 10.8 Å². The first kappa shape index (κ1) is 12.6. The molecule has 3 atom stereocenters. The van der Waals surface area contributed by atoms with Gasteiger partial charge in [0.05, 0.1) is 11.7 Å². The fourth-order valence-electron chi connectivity index (χ4n) is 3.01. The number of fused-ring (bicyclic) bond motifs is 1. The molecular formula is C17H20O2. The number of hydrogen-bond acceptors (Lipinski definition) is 2. The highest BCUT2D eigenvalue weighted by Crippen LogP contribution is 2.50. The van der Waals surface area contributed by atoms with Gasteiger partial charge >= 0.3 is 0 Å². The molecule has 2 aromatic rings. The fraction of sp³-hybridized carbons (Fsp3) is 0.412. The maximum atomic E-state index is 10.3. The highest BCUT2D eigenvalue weighted by molar-refractivity contribution is 5.83. The lowest BCUT2D eigenvalue weighted by molar-refractivity contribution is 0.0525. The monoisotopic (exact) mass is 256 g/mol. The zero-order chi connectivity index (χ0) is 13.5. The van der Waals surface area contributed by atoms with Gasteiger partial charge < -0.3 is 10.2 Å². The molecule has 2 N–H and O–H groups in total. The van der Waals surface area contributed by atoms with Crippen LogP contribution in [0, 0.1) is 5.92 Å². The first-order chi connectivity index (χ1) is 9.12. The number of hydrogen-bond donors (Lipinski definition) is 2. The largest absolute Gasteiger partial charge is 0.389 e. The van der Waals surface area contributed by atoms with Crippen LogP contribution in [0.5, 0.6) is 0 Å². The number of benzene rings is 2. The maximum Gasteiger partial charge on any atom is 0.0817 e. The molecule has 0 saturated heterocycles. The molecular weight excluding hydrogens is 236 g/mol. The minimum Gasteiger partial charge on any atom is -0.389 e. The normalized spacial score (nSPS) is 27.4. The molecule has 2 aromatic carbocycles. The van der Waals surface area contributed by atoms with Crippen molar-refractivity contribution >= 4 is 10.8 Å². The summed E-state index contributed by atoms with van der Waals surface area (Å²) in [5.74, 6) is 0.364. The van der Waals surface area contributed by atoms with Crippen LogP contribution >= 0.6 is 0 Å². The Morgan fingerprint density at radius 1 is 1.21 bits per heavy atom. The summed E-state index contributed by atoms with van der Waals surface area (Å²) < 4.78 is 0. The van der Waals surface area contributed by atoms with E-state index >= 15 is 0 Å². The second-order valence-corrected chi connectivity index (χ2v) is 5.74. The van der Waals surface area contributed by atoms with Crippen molar-refractivity contribution in [3.8, 4) is 0 Å². The highest BCUT2D eigenvalue weighted by Gasteiger charge is 2.52. The van der Waals surface area contributed by atoms with Crippen molar-refractivity contribution in [2.75, 3.05) is 0 Å². The van der Waals surface area contributed by atoms with Crippen molar-refractivity contribution in [2.45, 2.75) is 37.9 Å². The minimum absolute atomic E-state index is 0.364. The Balaban J connectivity index is 1.80. The van der Waals surface area contributed by atoms with Gasteiger partial charge in [-0.15, -0.1) is 0 Å². The molecule has 1 saturated carbocycles. The zero-order valence-corrected chi connectivity index (χ0v) is 11.2. The lowest BCUT2D eigenvalue weighted by Gasteiger charge is -2.16. The Kier molecular flexibility index (Phi) is 3.08. The highest BCUT2D eigenvalue weighted by atomic mass is 16.3. The van der Waals surface area contributed by atoms with Gasteiger partial charge in [0, 0.05) is 6.42 Å². The van der Waals surface area contributed by atoms with E-state index in [9.17, 15) is 10.2 Å². The maximum absolute atomic E-state index is 10.3. The van der Waals surface area contributed by atoms with E-state index in [1.54, 1.807) is 0 Å². The Hall–Kier alpha value is -1.38. The Morgan fingerprint density at radius 3 is 2.63 bits per heavy atom. The fourth-order valence-corrected chi connectivity index (χ4v) is 3.01. The third kappa shape index (κ3) is 2.38. The average Bonchev–Trinajstić information content (AvgIpc) is 3.08. The lowest BCUT2D eigenvalue weighted by atomic mass is 9.98. The summed E-state index contributed by atoms with van der Waals surface area (Å²) in [7, 11) is 0. The van der Waals surface area contributed by atoms with Gasteiger partial charge in [-0.25, -0.2) is 0 Å². The summed E-state index contributed by atoms with van der Waals surface area (Å²) in [6.45, 7) is 2.09. The Bertz CT molecular complexity index is 593. The molecule has 2 heteroatoms. The topological polar surface area (TPSA) is 40.5 Å². The predicted molar refractivity (Wildman–Crippen MR) is 76.9 cm³/mol. The number of aliphatic hydroxyl groups is 2. The molecule has 0 bridgehead atoms. The second-order valence-electron chi connectivity index (χ2n) is 5.74. The van der Waals surface area contributed by atoms with Crippen LogP contribution < -0.4 is 0 Å². The first-order valence-electron chi connectivity index (χ1n) is 7.01. The molecule has 0 spiro atoms. The quantitative estimate of drug-likeness (QED) is 0.880. The number of aliphatic hydroxyl groups excluding tert-OH is 1. The molecule has 1 aliphatic rings. The van der Waals surface area contributed by atoms with Gasteiger partial charge in [0.25, 0.3) is 0 Å². The minimum atomic E-state index is -0.639. The zero-order valence-electron chi connectivity index (χ0n) is 11.2. The third-order valence-electron chi connectivity index (χ3n) is 4.40. The van der Waals surface area contributed by atoms with Gasteiger partial charge in [0.1, 0.15) is 0 Å². The van der Waals surface area contributed by atoms with E-state index in [0.29, 0.717) is 12.3 Å². The van der Waals surface area contributed by atoms with Crippen molar-refractivity contribution in [1.29, 1.82) is 0 Å². The molecule has 3 rings (SSSR count). The number of rotatable bonds is 4. The molecule has 0 aliphatic heterocycles. The molecule has 1 fully saturated rings. The van der Waals surface area contributed by atoms with Gasteiger partial charge in [0.15, 0.2) is 0 Å². The van der Waals surface area contributed by atoms with Gasteiger partial charge in [-0.1, -0.05) is 49.7 Å². The van der Waals surface area contributed by atoms with Crippen LogP contribution in [0.4, 0.5) is 0 Å². The van der Waals surface area contributed by atoms with Gasteiger partial charge in [-0.2, -0.15) is 0 Å². The summed E-state index contributed by atoms with van der Waals surface area (Å²) in [4.78, 5) is 0. The van der Waals surface area contributed by atoms with Crippen molar-refractivity contribution in [3.05, 3.63) is 48.0 Å². The molecule has 19 heavy (non-hydrogen) atoms. The molecule has 1 aliphatic carbocycles. The molecule has 100 valence electrons. The van der Waals surface area contributed by atoms with Crippen LogP contribution in [0.15, 0.2) is 42.5 Å². The van der Waals surface area contributed by atoms with Crippen LogP contribution in [-0.4, -0.2) is 15.8 Å². The average molecular weight is 256 g/mol. The van der Waals surface area contributed by atoms with Crippen LogP contribution in [0.2, 0.25) is 0 Å². The lowest BCUT2D eigenvalue weighted by Crippen LogP contribution is -2.16. The van der Waals surface area contributed by atoms with E-state index in [-0.39, 0.29) is 0 Å². The first-order valence-corrected chi connectivity index (χ1v) is 7.01. The van der Waals surface area contributed by atoms with E-state index in [1.165, 1.54) is 5.39 Å². The van der Waals surface area contributed by atoms with Gasteiger partial charge in [-0.05, 0) is 34.7 Å². The third-order valence-corrected chi connectivity index (χ3v) is 4.40. The van der Waals surface area contributed by atoms with Crippen LogP contribution in [-0.2, 0) is 0 Å². The van der Waals surface area contributed by atoms with Crippen LogP contribution in [0.1, 0.15) is 37.9 Å². The summed E-state index contributed by atoms with van der Waals surface area (Å²) in [6, 6.07) is 14.1. The summed E-state index contributed by atoms with van der Waals surface area (Å²) in [6.07, 6.45) is 1.69. The standard InChI is InChI=1S/C17H20O2/c1-2-15-10-17(15,19)11-16(18)14-8-7-12-5-3-4-6-13(12)9-14/h3-9,15-16,18-19H,2,10-11H2,1H3/t15-,16?,17+/m1/s1. The van der Waals surface area contributed by atoms with E-state index in [4.69, 9.17) is 0 Å². The predicted octanol–water partition coefficient (Wildman–Crippen LogP) is 3.42. The molecule has 0 aromatic heterocycles. The smallest absolute Gasteiger partial charge is 0.0817 e. The van der Waals surface area contributed by atoms with Gasteiger partial charge in [-0.3, -0.25) is 0 Å². The summed E-state index contributed by atoms with van der Waals surface area (Å²) in [5.41, 5.74) is 0.258. The van der Waals surface area contributed by atoms with E-state index < -0.39 is 11.7 Å². The van der Waals surface area contributed by atoms with E-state index in [2.05, 4.69) is 13.0 Å². The molecule has 0 heterocycles. The SMILES string of the molecule is CC[C@@H]1C[C@]1(O)CC(O)c1ccc2ccccc2c1. The van der Waals surface area contributed by atoms with E-state index in [1.807, 2.05) is 36.4 Å². The Morgan fingerprint density at radius 2 is 1.95 bits per heavy atom. The van der Waals surface area contributed by atoms with Crippen molar-refractivity contribution in [1.82, 2.24) is 0 Å². The summed E-state index contributed by atoms with van der Waals surface area (Å²) in [5, 5.41) is 22.9. The van der Waals surface area contributed by atoms with Gasteiger partial charge in [0.2, 0.25) is 0 Å². The Labute approximate surface area is 113 Å². The van der Waals surface area contributed by atoms with Crippen molar-refractivity contribution in [2.24, 2.45) is 5.92 Å².